The smallest absolute Gasteiger partial charge is 0.348 e. The zero-order chi connectivity index (χ0) is 27.9. The highest BCUT2D eigenvalue weighted by Crippen LogP contribution is 2.58. The lowest BCUT2D eigenvalue weighted by atomic mass is 9.59. The minimum atomic E-state index is -1.37. The number of nitrogens with one attached hydrogen (secondary N) is 1. The van der Waals surface area contributed by atoms with Gasteiger partial charge < -0.3 is 15.2 Å². The van der Waals surface area contributed by atoms with Crippen LogP contribution in [0.25, 0.3) is 0 Å². The molecule has 1 saturated heterocycles. The first-order valence-electron chi connectivity index (χ1n) is 13.2. The number of carbonyl (C=O) groups is 1. The van der Waals surface area contributed by atoms with Gasteiger partial charge in [0.05, 0.1) is 11.1 Å². The van der Waals surface area contributed by atoms with Crippen molar-refractivity contribution in [1.82, 2.24) is 5.32 Å². The SMILES string of the molecule is CCC(CC)(Oc1ccc(Cl)cc1[C@@H]1CCN[C@@H](c2cc(F)ccc2C)[C@]12C=Nc1cc(Br)ccc12)C(=O)O. The number of rotatable bonds is 7. The molecule has 2 N–H and O–H groups in total. The molecule has 0 radical (unpaired) electrons. The number of carboxylic acid groups (broad SMARTS) is 1. The lowest BCUT2D eigenvalue weighted by Crippen LogP contribution is -2.52. The number of hydrogen-bond donors (Lipinski definition) is 2. The summed E-state index contributed by atoms with van der Waals surface area (Å²) in [6.45, 7) is 6.28. The third-order valence-corrected chi connectivity index (χ3v) is 9.14. The van der Waals surface area contributed by atoms with Crippen LogP contribution in [0.1, 0.15) is 67.3 Å². The number of piperidine rings is 1. The number of nitrogens with zero attached hydrogens (tertiary/aromatic N) is 1. The Hall–Kier alpha value is -2.74. The van der Waals surface area contributed by atoms with Crippen LogP contribution in [0.2, 0.25) is 5.02 Å². The molecule has 1 fully saturated rings. The molecule has 8 heteroatoms. The molecule has 5 rings (SSSR count). The number of halogens is 3. The van der Waals surface area contributed by atoms with Crippen molar-refractivity contribution in [2.24, 2.45) is 4.99 Å². The van der Waals surface area contributed by atoms with Crippen molar-refractivity contribution < 1.29 is 19.0 Å². The van der Waals surface area contributed by atoms with Gasteiger partial charge in [-0.15, -0.1) is 0 Å². The minimum Gasteiger partial charge on any atom is -0.478 e. The van der Waals surface area contributed by atoms with Crippen LogP contribution < -0.4 is 10.1 Å². The molecule has 0 aliphatic carbocycles. The summed E-state index contributed by atoms with van der Waals surface area (Å²) in [4.78, 5) is 17.2. The maximum absolute atomic E-state index is 14.6. The Morgan fingerprint density at radius 2 is 1.95 bits per heavy atom. The summed E-state index contributed by atoms with van der Waals surface area (Å²) in [7, 11) is 0. The summed E-state index contributed by atoms with van der Waals surface area (Å²) in [6.07, 6.45) is 3.30. The van der Waals surface area contributed by atoms with Crippen LogP contribution in [0, 0.1) is 12.7 Å². The Balaban J connectivity index is 1.75. The number of aliphatic imine (C=N–C) groups is 1. The Labute approximate surface area is 241 Å². The van der Waals surface area contributed by atoms with Crippen LogP contribution in [0.5, 0.6) is 5.75 Å². The summed E-state index contributed by atoms with van der Waals surface area (Å²) in [6, 6.07) is 16.0. The van der Waals surface area contributed by atoms with E-state index in [1.54, 1.807) is 24.3 Å². The zero-order valence-electron chi connectivity index (χ0n) is 22.1. The topological polar surface area (TPSA) is 70.9 Å². The molecule has 0 aromatic heterocycles. The maximum atomic E-state index is 14.6. The molecule has 2 heterocycles. The first-order valence-corrected chi connectivity index (χ1v) is 14.4. The summed E-state index contributed by atoms with van der Waals surface area (Å²) >= 11 is 10.1. The summed E-state index contributed by atoms with van der Waals surface area (Å²) < 4.78 is 22.0. The summed E-state index contributed by atoms with van der Waals surface area (Å²) in [5.41, 5.74) is 2.42. The second-order valence-electron chi connectivity index (χ2n) is 10.4. The van der Waals surface area contributed by atoms with E-state index in [2.05, 4.69) is 27.3 Å². The molecule has 39 heavy (non-hydrogen) atoms. The Morgan fingerprint density at radius 3 is 2.67 bits per heavy atom. The predicted octanol–water partition coefficient (Wildman–Crippen LogP) is 8.04. The van der Waals surface area contributed by atoms with Gasteiger partial charge in [0.25, 0.3) is 0 Å². The summed E-state index contributed by atoms with van der Waals surface area (Å²) in [5.74, 6) is -0.999. The van der Waals surface area contributed by atoms with Crippen LogP contribution in [0.3, 0.4) is 0 Å². The third kappa shape index (κ3) is 4.68. The fraction of sp³-hybridized carbons (Fsp3) is 0.355. The molecule has 3 atom stereocenters. The molecule has 2 aliphatic heterocycles. The molecule has 5 nitrogen and oxygen atoms in total. The largest absolute Gasteiger partial charge is 0.478 e. The zero-order valence-corrected chi connectivity index (χ0v) is 24.4. The fourth-order valence-corrected chi connectivity index (χ4v) is 6.78. The summed E-state index contributed by atoms with van der Waals surface area (Å²) in [5, 5.41) is 14.3. The van der Waals surface area contributed by atoms with Gasteiger partial charge in [-0.25, -0.2) is 9.18 Å². The van der Waals surface area contributed by atoms with E-state index in [0.29, 0.717) is 36.6 Å². The number of carboxylic acids is 1. The highest BCUT2D eigenvalue weighted by atomic mass is 79.9. The van der Waals surface area contributed by atoms with Crippen LogP contribution >= 0.6 is 27.5 Å². The highest BCUT2D eigenvalue weighted by Gasteiger charge is 2.53. The van der Waals surface area contributed by atoms with Crippen LogP contribution in [-0.4, -0.2) is 29.4 Å². The van der Waals surface area contributed by atoms with Crippen LogP contribution in [-0.2, 0) is 10.2 Å². The van der Waals surface area contributed by atoms with Crippen molar-refractivity contribution in [1.29, 1.82) is 0 Å². The van der Waals surface area contributed by atoms with Crippen molar-refractivity contribution >= 4 is 45.4 Å². The normalized spacial score (nSPS) is 22.2. The first kappa shape index (κ1) is 27.8. The van der Waals surface area contributed by atoms with E-state index in [9.17, 15) is 14.3 Å². The standard InChI is InChI=1S/C31H31BrClFN2O3/c1-4-30(5-2,29(37)38)39-27-11-8-20(33)15-23(27)24-12-13-35-28(22-16-21(34)9-6-18(22)3)31(24)17-36-26-14-19(32)7-10-25(26)31/h6-11,14-17,24,28,35H,4-5,12-13H2,1-3H3,(H,37,38)/t24-,28-,31+/m0/s1. The van der Waals surface area contributed by atoms with Crippen LogP contribution in [0.4, 0.5) is 10.1 Å². The van der Waals surface area contributed by atoms with Crippen molar-refractivity contribution in [3.8, 4) is 5.75 Å². The molecule has 3 aromatic rings. The Morgan fingerprint density at radius 1 is 1.18 bits per heavy atom. The second kappa shape index (κ2) is 10.7. The third-order valence-electron chi connectivity index (χ3n) is 8.42. The number of aliphatic carboxylic acids is 1. The van der Waals surface area contributed by atoms with Gasteiger partial charge in [-0.2, -0.15) is 0 Å². The molecular formula is C31H31BrClFN2O3. The van der Waals surface area contributed by atoms with Crippen molar-refractivity contribution in [2.45, 2.75) is 63.0 Å². The second-order valence-corrected chi connectivity index (χ2v) is 11.7. The van der Waals surface area contributed by atoms with Crippen molar-refractivity contribution in [2.75, 3.05) is 6.54 Å². The number of aryl methyl sites for hydroxylation is 1. The highest BCUT2D eigenvalue weighted by molar-refractivity contribution is 9.10. The van der Waals surface area contributed by atoms with E-state index in [-0.39, 0.29) is 17.8 Å². The number of fused-ring (bicyclic) bond motifs is 2. The molecular weight excluding hydrogens is 583 g/mol. The van der Waals surface area contributed by atoms with Gasteiger partial charge in [-0.1, -0.05) is 53.5 Å². The van der Waals surface area contributed by atoms with Crippen LogP contribution in [0.15, 0.2) is 64.1 Å². The van der Waals surface area contributed by atoms with Gasteiger partial charge in [0.15, 0.2) is 0 Å². The Kier molecular flexibility index (Phi) is 7.61. The van der Waals surface area contributed by atoms with Gasteiger partial charge in [-0.3, -0.25) is 4.99 Å². The predicted molar refractivity (Wildman–Crippen MR) is 156 cm³/mol. The van der Waals surface area contributed by atoms with Gasteiger partial charge in [0.1, 0.15) is 11.6 Å². The molecule has 3 aromatic carbocycles. The maximum Gasteiger partial charge on any atom is 0.348 e. The number of hydrogen-bond acceptors (Lipinski definition) is 4. The molecule has 1 spiro atoms. The van der Waals surface area contributed by atoms with Gasteiger partial charge in [0.2, 0.25) is 5.60 Å². The lowest BCUT2D eigenvalue weighted by Gasteiger charge is -2.48. The molecule has 0 bridgehead atoms. The van der Waals surface area contributed by atoms with Crippen molar-refractivity contribution in [3.63, 3.8) is 0 Å². The fourth-order valence-electron chi connectivity index (χ4n) is 6.25. The molecule has 0 unspecified atom stereocenters. The molecule has 204 valence electrons. The molecule has 2 aliphatic rings. The van der Waals surface area contributed by atoms with E-state index in [1.807, 2.05) is 45.2 Å². The number of ether oxygens (including phenoxy) is 1. The molecule has 0 amide bonds. The van der Waals surface area contributed by atoms with Gasteiger partial charge in [0, 0.05) is 33.2 Å². The average molecular weight is 614 g/mol. The monoisotopic (exact) mass is 612 g/mol. The minimum absolute atomic E-state index is 0.188. The van der Waals surface area contributed by atoms with E-state index in [0.717, 1.165) is 32.4 Å². The lowest BCUT2D eigenvalue weighted by molar-refractivity contribution is -0.156. The van der Waals surface area contributed by atoms with E-state index in [1.165, 1.54) is 6.07 Å². The van der Waals surface area contributed by atoms with E-state index < -0.39 is 17.0 Å². The van der Waals surface area contributed by atoms with Gasteiger partial charge >= 0.3 is 5.97 Å². The van der Waals surface area contributed by atoms with E-state index in [4.69, 9.17) is 21.3 Å². The average Bonchev–Trinajstić information content (AvgIpc) is 3.28. The first-order chi connectivity index (χ1) is 18.6. The van der Waals surface area contributed by atoms with E-state index >= 15 is 0 Å². The Bertz CT molecular complexity index is 1460. The van der Waals surface area contributed by atoms with Gasteiger partial charge in [-0.05, 0) is 91.9 Å². The quantitative estimate of drug-likeness (QED) is 0.283. The molecule has 0 saturated carbocycles. The van der Waals surface area contributed by atoms with Crippen molar-refractivity contribution in [3.05, 3.63) is 92.2 Å². The number of benzene rings is 3.